The van der Waals surface area contributed by atoms with Crippen LogP contribution in [0.1, 0.15) is 43.7 Å². The van der Waals surface area contributed by atoms with E-state index in [1.54, 1.807) is 59.8 Å². The maximum absolute atomic E-state index is 13.7. The Hall–Kier alpha value is -4.96. The van der Waals surface area contributed by atoms with Crippen LogP contribution in [0.15, 0.2) is 109 Å². The highest BCUT2D eigenvalue weighted by Crippen LogP contribution is 2.37. The van der Waals surface area contributed by atoms with Crippen LogP contribution in [0, 0.1) is 0 Å². The van der Waals surface area contributed by atoms with Crippen LogP contribution >= 0.6 is 0 Å². The summed E-state index contributed by atoms with van der Waals surface area (Å²) in [5.74, 6) is 0.387. The van der Waals surface area contributed by atoms with E-state index >= 15 is 0 Å². The molecule has 2 N–H and O–H groups in total. The summed E-state index contributed by atoms with van der Waals surface area (Å²) in [7, 11) is -3.88. The van der Waals surface area contributed by atoms with E-state index in [1.165, 1.54) is 3.97 Å². The van der Waals surface area contributed by atoms with Crippen LogP contribution < -0.4 is 5.32 Å². The van der Waals surface area contributed by atoms with Gasteiger partial charge in [-0.25, -0.2) is 27.2 Å². The van der Waals surface area contributed by atoms with E-state index in [9.17, 15) is 18.3 Å². The highest BCUT2D eigenvalue weighted by atomic mass is 32.2. The van der Waals surface area contributed by atoms with Gasteiger partial charge in [-0.2, -0.15) is 0 Å². The molecule has 0 unspecified atom stereocenters. The summed E-state index contributed by atoms with van der Waals surface area (Å²) in [4.78, 5) is 23.6. The highest BCUT2D eigenvalue weighted by molar-refractivity contribution is 7.90. The van der Waals surface area contributed by atoms with Gasteiger partial charge >= 0.3 is 6.09 Å². The van der Waals surface area contributed by atoms with Gasteiger partial charge in [-0.15, -0.1) is 0 Å². The summed E-state index contributed by atoms with van der Waals surface area (Å²) in [5, 5.41) is 14.4. The zero-order valence-corrected chi connectivity index (χ0v) is 25.8. The molecule has 0 radical (unpaired) electrons. The van der Waals surface area contributed by atoms with Crippen LogP contribution in [0.3, 0.4) is 0 Å². The Kier molecular flexibility index (Phi) is 8.16. The maximum atomic E-state index is 13.7. The van der Waals surface area contributed by atoms with E-state index in [1.807, 2.05) is 55.5 Å². The molecule has 2 heterocycles. The lowest BCUT2D eigenvalue weighted by molar-refractivity contribution is 0.0524. The summed E-state index contributed by atoms with van der Waals surface area (Å²) < 4.78 is 28.7. The number of amides is 1. The predicted octanol–water partition coefficient (Wildman–Crippen LogP) is 7.27. The maximum Gasteiger partial charge on any atom is 0.408 e. The Morgan fingerprint density at radius 2 is 1.78 bits per heavy atom. The van der Waals surface area contributed by atoms with Crippen LogP contribution in [0.2, 0.25) is 0 Å². The Morgan fingerprint density at radius 1 is 1.09 bits per heavy atom. The molecule has 45 heavy (non-hydrogen) atoms. The lowest BCUT2D eigenvalue weighted by Crippen LogP contribution is -2.53. The molecule has 5 aromatic rings. The van der Waals surface area contributed by atoms with Crippen molar-refractivity contribution < 1.29 is 18.3 Å². The monoisotopic (exact) mass is 621 g/mol. The average Bonchev–Trinajstić information content (AvgIpc) is 3.45. The normalized spacial score (nSPS) is 18.4. The first-order chi connectivity index (χ1) is 21.7. The van der Waals surface area contributed by atoms with Crippen molar-refractivity contribution in [2.24, 2.45) is 0 Å². The highest BCUT2D eigenvalue weighted by Gasteiger charge is 2.40. The lowest BCUT2D eigenvalue weighted by atomic mass is 9.79. The predicted molar refractivity (Wildman–Crippen MR) is 176 cm³/mol. The number of nitrogens with one attached hydrogen (secondary N) is 1. The van der Waals surface area contributed by atoms with Gasteiger partial charge in [0, 0.05) is 47.0 Å². The molecule has 0 spiro atoms. The van der Waals surface area contributed by atoms with Gasteiger partial charge in [-0.05, 0) is 56.4 Å². The third kappa shape index (κ3) is 5.93. The molecule has 0 saturated heterocycles. The molecule has 1 saturated carbocycles. The Morgan fingerprint density at radius 3 is 2.49 bits per heavy atom. The van der Waals surface area contributed by atoms with Gasteiger partial charge in [0.25, 0.3) is 10.0 Å². The number of benzene rings is 3. The minimum absolute atomic E-state index is 0.0661. The largest absolute Gasteiger partial charge is 0.465 e. The lowest BCUT2D eigenvalue weighted by Gasteiger charge is -2.45. The summed E-state index contributed by atoms with van der Waals surface area (Å²) >= 11 is 0. The van der Waals surface area contributed by atoms with Crippen molar-refractivity contribution in [3.05, 3.63) is 115 Å². The zero-order valence-electron chi connectivity index (χ0n) is 25.0. The molecule has 2 aromatic heterocycles. The van der Waals surface area contributed by atoms with Gasteiger partial charge in [0.05, 0.1) is 16.1 Å². The molecule has 2 atom stereocenters. The van der Waals surface area contributed by atoms with Crippen molar-refractivity contribution in [2.45, 2.75) is 55.6 Å². The Balaban J connectivity index is 1.33. The average molecular weight is 622 g/mol. The van der Waals surface area contributed by atoms with E-state index in [4.69, 9.17) is 4.98 Å². The van der Waals surface area contributed by atoms with Gasteiger partial charge < -0.3 is 10.4 Å². The van der Waals surface area contributed by atoms with Crippen molar-refractivity contribution in [3.63, 3.8) is 0 Å². The second-order valence-electron chi connectivity index (χ2n) is 11.7. The molecule has 10 heteroatoms. The third-order valence-corrected chi connectivity index (χ3v) is 10.3. The van der Waals surface area contributed by atoms with E-state index < -0.39 is 21.7 Å². The van der Waals surface area contributed by atoms with Crippen LogP contribution in [-0.4, -0.2) is 50.0 Å². The second kappa shape index (κ2) is 12.2. The minimum atomic E-state index is -3.88. The van der Waals surface area contributed by atoms with Gasteiger partial charge in [0.2, 0.25) is 5.95 Å². The van der Waals surface area contributed by atoms with Gasteiger partial charge in [-0.3, -0.25) is 4.90 Å². The summed E-state index contributed by atoms with van der Waals surface area (Å²) in [6.45, 7) is 6.26. The molecular weight excluding hydrogens is 586 g/mol. The van der Waals surface area contributed by atoms with Gasteiger partial charge in [0.1, 0.15) is 0 Å². The number of anilines is 1. The fourth-order valence-corrected chi connectivity index (χ4v) is 7.73. The molecule has 1 aliphatic carbocycles. The molecule has 0 aliphatic heterocycles. The number of nitrogens with zero attached hydrogens (tertiary/aromatic N) is 4. The molecule has 6 rings (SSSR count). The number of fused-ring (bicyclic) bond motifs is 1. The smallest absolute Gasteiger partial charge is 0.408 e. The van der Waals surface area contributed by atoms with Crippen LogP contribution in [0.5, 0.6) is 0 Å². The van der Waals surface area contributed by atoms with Gasteiger partial charge in [-0.1, -0.05) is 79.4 Å². The Bertz CT molecular complexity index is 1960. The van der Waals surface area contributed by atoms with Crippen molar-refractivity contribution in [1.29, 1.82) is 0 Å². The van der Waals surface area contributed by atoms with E-state index in [2.05, 4.69) is 16.9 Å². The molecule has 9 nitrogen and oxygen atoms in total. The molecule has 3 aromatic carbocycles. The fraction of sp³-hybridized carbons (Fsp3) is 0.229. The van der Waals surface area contributed by atoms with Crippen LogP contribution in [-0.2, 0) is 16.6 Å². The van der Waals surface area contributed by atoms with Crippen LogP contribution in [0.25, 0.3) is 28.2 Å². The number of hydrogen-bond donors (Lipinski definition) is 2. The zero-order chi connectivity index (χ0) is 31.6. The quantitative estimate of drug-likeness (QED) is 0.178. The Labute approximate surface area is 262 Å². The number of para-hydroxylation sites is 1. The molecule has 1 fully saturated rings. The van der Waals surface area contributed by atoms with Crippen molar-refractivity contribution in [2.75, 3.05) is 5.32 Å². The number of carboxylic acid groups (broad SMARTS) is 1. The SMILES string of the molecule is C=Cc1cnc(N[C@@H]2CCC[C@](C)(N(Cc3ccccc3)C(=O)O)C2)nc1-c1cn(S(=O)(=O)c2ccccc2)c2ccccc12. The molecule has 1 aliphatic rings. The first-order valence-electron chi connectivity index (χ1n) is 14.9. The van der Waals surface area contributed by atoms with Crippen molar-refractivity contribution in [3.8, 4) is 11.3 Å². The molecule has 1 amide bonds. The van der Waals surface area contributed by atoms with E-state index in [0.29, 0.717) is 41.3 Å². The fourth-order valence-electron chi connectivity index (χ4n) is 6.34. The van der Waals surface area contributed by atoms with Gasteiger partial charge in [0.15, 0.2) is 0 Å². The molecular formula is C35H35N5O4S. The summed E-state index contributed by atoms with van der Waals surface area (Å²) in [6.07, 6.45) is 7.01. The molecule has 0 bridgehead atoms. The number of hydrogen-bond acceptors (Lipinski definition) is 6. The first-order valence-corrected chi connectivity index (χ1v) is 16.4. The number of rotatable bonds is 9. The summed E-state index contributed by atoms with van der Waals surface area (Å²) in [6, 6.07) is 25.2. The number of carbonyl (C=O) groups is 1. The van der Waals surface area contributed by atoms with Crippen molar-refractivity contribution >= 4 is 39.0 Å². The first kappa shape index (κ1) is 30.1. The summed E-state index contributed by atoms with van der Waals surface area (Å²) in [5.41, 5.74) is 2.75. The second-order valence-corrected chi connectivity index (χ2v) is 13.5. The van der Waals surface area contributed by atoms with Crippen molar-refractivity contribution in [1.82, 2.24) is 18.8 Å². The standard InChI is InChI=1S/C35H35N5O4S/c1-3-26-22-36-33(37-27-15-12-20-35(2,21-27)39(34(41)42)23-25-13-6-4-7-14-25)38-32(26)30-24-40(31-19-11-10-18-29(30)31)45(43,44)28-16-8-5-9-17-28/h3-11,13-14,16-19,22,24,27H,1,12,15,20-21,23H2,2H3,(H,41,42)(H,36,37,38)/t27-,35+/m1/s1. The number of aromatic nitrogens is 3. The van der Waals surface area contributed by atoms with Crippen LogP contribution in [0.4, 0.5) is 10.7 Å². The van der Waals surface area contributed by atoms with E-state index in [0.717, 1.165) is 30.2 Å². The third-order valence-electron chi connectivity index (χ3n) is 8.62. The molecule has 230 valence electrons. The minimum Gasteiger partial charge on any atom is -0.465 e. The topological polar surface area (TPSA) is 117 Å². The van der Waals surface area contributed by atoms with E-state index in [-0.39, 0.29) is 10.9 Å².